The molecule has 1 heterocycles. The predicted octanol–water partition coefficient (Wildman–Crippen LogP) is 2.76. The van der Waals surface area contributed by atoms with Gasteiger partial charge in [-0.1, -0.05) is 12.1 Å². The van der Waals surface area contributed by atoms with Crippen molar-refractivity contribution in [3.8, 4) is 0 Å². The molecule has 0 aliphatic heterocycles. The van der Waals surface area contributed by atoms with Gasteiger partial charge in [0.1, 0.15) is 12.0 Å². The van der Waals surface area contributed by atoms with Crippen LogP contribution in [0.3, 0.4) is 0 Å². The normalized spacial score (nSPS) is 10.5. The first-order chi connectivity index (χ1) is 8.69. The minimum atomic E-state index is -0.984. The highest BCUT2D eigenvalue weighted by atomic mass is 32.2. The SMILES string of the molecule is O=C(O)c1coc(CSc2ccc(CO)cc2)c1. The van der Waals surface area contributed by atoms with Crippen LogP contribution in [0.1, 0.15) is 21.7 Å². The minimum Gasteiger partial charge on any atom is -0.478 e. The van der Waals surface area contributed by atoms with Crippen LogP contribution in [0.5, 0.6) is 0 Å². The van der Waals surface area contributed by atoms with Crippen molar-refractivity contribution in [1.29, 1.82) is 0 Å². The lowest BCUT2D eigenvalue weighted by molar-refractivity contribution is 0.0696. The van der Waals surface area contributed by atoms with Crippen LogP contribution in [0, 0.1) is 0 Å². The number of aliphatic hydroxyl groups excluding tert-OH is 1. The number of aromatic carboxylic acids is 1. The molecule has 0 aliphatic rings. The molecule has 0 bridgehead atoms. The molecular formula is C13H12O4S. The van der Waals surface area contributed by atoms with E-state index in [4.69, 9.17) is 14.6 Å². The fraction of sp³-hybridized carbons (Fsp3) is 0.154. The Balaban J connectivity index is 1.95. The number of benzene rings is 1. The summed E-state index contributed by atoms with van der Waals surface area (Å²) in [7, 11) is 0. The summed E-state index contributed by atoms with van der Waals surface area (Å²) in [5, 5.41) is 17.7. The third-order valence-electron chi connectivity index (χ3n) is 2.39. The number of hydrogen-bond donors (Lipinski definition) is 2. The van der Waals surface area contributed by atoms with Crippen molar-refractivity contribution in [3.05, 3.63) is 53.5 Å². The zero-order chi connectivity index (χ0) is 13.0. The van der Waals surface area contributed by atoms with Gasteiger partial charge in [-0.15, -0.1) is 11.8 Å². The zero-order valence-electron chi connectivity index (χ0n) is 9.50. The van der Waals surface area contributed by atoms with E-state index in [9.17, 15) is 4.79 Å². The van der Waals surface area contributed by atoms with Crippen LogP contribution in [0.4, 0.5) is 0 Å². The molecule has 0 atom stereocenters. The van der Waals surface area contributed by atoms with Crippen LogP contribution in [0.15, 0.2) is 45.9 Å². The molecule has 2 rings (SSSR count). The van der Waals surface area contributed by atoms with Crippen LogP contribution < -0.4 is 0 Å². The summed E-state index contributed by atoms with van der Waals surface area (Å²) in [5.41, 5.74) is 1.03. The van der Waals surface area contributed by atoms with Gasteiger partial charge >= 0.3 is 5.97 Å². The molecule has 2 aromatic rings. The van der Waals surface area contributed by atoms with Gasteiger partial charge in [-0.05, 0) is 23.8 Å². The van der Waals surface area contributed by atoms with E-state index in [1.165, 1.54) is 12.3 Å². The number of hydrogen-bond acceptors (Lipinski definition) is 4. The Labute approximate surface area is 108 Å². The first-order valence-electron chi connectivity index (χ1n) is 5.32. The Hall–Kier alpha value is -1.72. The van der Waals surface area contributed by atoms with Crippen molar-refractivity contribution >= 4 is 17.7 Å². The summed E-state index contributed by atoms with van der Waals surface area (Å²) in [6.07, 6.45) is 1.24. The van der Waals surface area contributed by atoms with E-state index in [2.05, 4.69) is 0 Å². The number of carbonyl (C=O) groups is 1. The lowest BCUT2D eigenvalue weighted by Gasteiger charge is -2.00. The van der Waals surface area contributed by atoms with Crippen molar-refractivity contribution in [2.24, 2.45) is 0 Å². The van der Waals surface area contributed by atoms with Crippen LogP contribution in [0.25, 0.3) is 0 Å². The van der Waals surface area contributed by atoms with Gasteiger partial charge in [0.15, 0.2) is 0 Å². The highest BCUT2D eigenvalue weighted by Crippen LogP contribution is 2.24. The largest absolute Gasteiger partial charge is 0.478 e. The molecule has 0 saturated heterocycles. The maximum absolute atomic E-state index is 10.7. The van der Waals surface area contributed by atoms with Gasteiger partial charge in [-0.25, -0.2) is 4.79 Å². The summed E-state index contributed by atoms with van der Waals surface area (Å²) in [5.74, 6) is 0.220. The lowest BCUT2D eigenvalue weighted by atomic mass is 10.2. The number of aliphatic hydroxyl groups is 1. The van der Waals surface area contributed by atoms with E-state index in [0.29, 0.717) is 11.5 Å². The second-order valence-corrected chi connectivity index (χ2v) is 4.75. The number of furan rings is 1. The molecule has 94 valence electrons. The monoisotopic (exact) mass is 264 g/mol. The lowest BCUT2D eigenvalue weighted by Crippen LogP contribution is -1.91. The maximum atomic E-state index is 10.7. The second kappa shape index (κ2) is 5.75. The number of carboxylic acid groups (broad SMARTS) is 1. The highest BCUT2D eigenvalue weighted by molar-refractivity contribution is 7.98. The van der Waals surface area contributed by atoms with Crippen molar-refractivity contribution in [2.45, 2.75) is 17.3 Å². The van der Waals surface area contributed by atoms with Crippen LogP contribution in [-0.2, 0) is 12.4 Å². The molecule has 0 radical (unpaired) electrons. The van der Waals surface area contributed by atoms with Crippen molar-refractivity contribution < 1.29 is 19.4 Å². The molecule has 0 fully saturated rings. The van der Waals surface area contributed by atoms with Gasteiger partial charge in [0, 0.05) is 4.90 Å². The Morgan fingerprint density at radius 2 is 2.00 bits per heavy atom. The average Bonchev–Trinajstić information content (AvgIpc) is 2.86. The molecule has 18 heavy (non-hydrogen) atoms. The Bertz CT molecular complexity index is 530. The van der Waals surface area contributed by atoms with Gasteiger partial charge < -0.3 is 14.6 Å². The summed E-state index contributed by atoms with van der Waals surface area (Å²) < 4.78 is 5.15. The third kappa shape index (κ3) is 3.15. The predicted molar refractivity (Wildman–Crippen MR) is 67.6 cm³/mol. The molecule has 4 nitrogen and oxygen atoms in total. The molecule has 0 spiro atoms. The number of rotatable bonds is 5. The van der Waals surface area contributed by atoms with Gasteiger partial charge in [-0.2, -0.15) is 0 Å². The maximum Gasteiger partial charge on any atom is 0.338 e. The third-order valence-corrected chi connectivity index (χ3v) is 3.42. The van der Waals surface area contributed by atoms with E-state index in [0.717, 1.165) is 10.5 Å². The van der Waals surface area contributed by atoms with Crippen molar-refractivity contribution in [3.63, 3.8) is 0 Å². The van der Waals surface area contributed by atoms with Gasteiger partial charge in [-0.3, -0.25) is 0 Å². The Morgan fingerprint density at radius 3 is 2.56 bits per heavy atom. The molecule has 0 unspecified atom stereocenters. The number of thioether (sulfide) groups is 1. The topological polar surface area (TPSA) is 70.7 Å². The van der Waals surface area contributed by atoms with Crippen LogP contribution >= 0.6 is 11.8 Å². The van der Waals surface area contributed by atoms with E-state index in [-0.39, 0.29) is 12.2 Å². The standard InChI is InChI=1S/C13H12O4S/c14-6-9-1-3-12(4-2-9)18-8-11-5-10(7-17-11)13(15)16/h1-5,7,14H,6,8H2,(H,15,16). The van der Waals surface area contributed by atoms with Crippen molar-refractivity contribution in [2.75, 3.05) is 0 Å². The minimum absolute atomic E-state index is 0.0328. The summed E-state index contributed by atoms with van der Waals surface area (Å²) in [4.78, 5) is 11.7. The summed E-state index contributed by atoms with van der Waals surface area (Å²) >= 11 is 1.55. The first kappa shape index (κ1) is 12.7. The van der Waals surface area contributed by atoms with Gasteiger partial charge in [0.05, 0.1) is 17.9 Å². The first-order valence-corrected chi connectivity index (χ1v) is 6.31. The molecule has 0 aliphatic carbocycles. The van der Waals surface area contributed by atoms with E-state index in [1.807, 2.05) is 24.3 Å². The molecule has 5 heteroatoms. The van der Waals surface area contributed by atoms with Gasteiger partial charge in [0.25, 0.3) is 0 Å². The fourth-order valence-electron chi connectivity index (χ4n) is 1.41. The highest BCUT2D eigenvalue weighted by Gasteiger charge is 2.08. The molecule has 1 aromatic heterocycles. The van der Waals surface area contributed by atoms with Gasteiger partial charge in [0.2, 0.25) is 0 Å². The van der Waals surface area contributed by atoms with Crippen LogP contribution in [0.2, 0.25) is 0 Å². The summed E-state index contributed by atoms with van der Waals surface area (Å²) in [6.45, 7) is 0.0328. The van der Waals surface area contributed by atoms with E-state index < -0.39 is 5.97 Å². The molecule has 0 saturated carbocycles. The number of carboxylic acids is 1. The smallest absolute Gasteiger partial charge is 0.338 e. The fourth-order valence-corrected chi connectivity index (χ4v) is 2.20. The molecule has 0 amide bonds. The average molecular weight is 264 g/mol. The quantitative estimate of drug-likeness (QED) is 0.812. The zero-order valence-corrected chi connectivity index (χ0v) is 10.3. The van der Waals surface area contributed by atoms with E-state index >= 15 is 0 Å². The van der Waals surface area contributed by atoms with Crippen LogP contribution in [-0.4, -0.2) is 16.2 Å². The Kier molecular flexibility index (Phi) is 4.07. The molecule has 2 N–H and O–H groups in total. The van der Waals surface area contributed by atoms with E-state index in [1.54, 1.807) is 11.8 Å². The summed E-state index contributed by atoms with van der Waals surface area (Å²) in [6, 6.07) is 9.06. The second-order valence-electron chi connectivity index (χ2n) is 3.70. The molecular weight excluding hydrogens is 252 g/mol. The Morgan fingerprint density at radius 1 is 1.28 bits per heavy atom. The van der Waals surface area contributed by atoms with Crippen molar-refractivity contribution in [1.82, 2.24) is 0 Å². The molecule has 1 aromatic carbocycles.